The first-order valence-corrected chi connectivity index (χ1v) is 11.4. The molecular formula is C23H25ClFN5O2. The summed E-state index contributed by atoms with van der Waals surface area (Å²) in [5, 5.41) is 8.17. The van der Waals surface area contributed by atoms with Crippen LogP contribution in [0.15, 0.2) is 35.0 Å². The Morgan fingerprint density at radius 1 is 1.16 bits per heavy atom. The standard InChI is InChI=1S/C23H25ClFN5O2/c1-14-28-29-22(32-14)20-3-2-19(10-21(20)25)31-13-17-9-16(17)8-15-4-6-30(7-5-15)23-26-11-18(24)12-27-23/h2-3,10-12,15-17H,4-9,13H2,1H3/t16-,17-/m1/s1. The first kappa shape index (κ1) is 21.1. The maximum atomic E-state index is 14.4. The molecule has 2 fully saturated rings. The highest BCUT2D eigenvalue weighted by atomic mass is 35.5. The van der Waals surface area contributed by atoms with Crippen molar-refractivity contribution in [3.05, 3.63) is 47.3 Å². The average molecular weight is 458 g/mol. The zero-order chi connectivity index (χ0) is 22.1. The van der Waals surface area contributed by atoms with Gasteiger partial charge in [-0.25, -0.2) is 14.4 Å². The maximum Gasteiger partial charge on any atom is 0.250 e. The minimum Gasteiger partial charge on any atom is -0.493 e. The Kier molecular flexibility index (Phi) is 5.95. The Hall–Kier alpha value is -2.74. The summed E-state index contributed by atoms with van der Waals surface area (Å²) in [4.78, 5) is 10.9. The van der Waals surface area contributed by atoms with Crippen LogP contribution in [0.1, 0.15) is 31.6 Å². The molecule has 0 N–H and O–H groups in total. The van der Waals surface area contributed by atoms with Crippen molar-refractivity contribution in [2.24, 2.45) is 17.8 Å². The quantitative estimate of drug-likeness (QED) is 0.496. The van der Waals surface area contributed by atoms with Crippen LogP contribution in [0.3, 0.4) is 0 Å². The summed E-state index contributed by atoms with van der Waals surface area (Å²) in [7, 11) is 0. The summed E-state index contributed by atoms with van der Waals surface area (Å²) in [5.41, 5.74) is 0.289. The Morgan fingerprint density at radius 3 is 2.62 bits per heavy atom. The molecule has 9 heteroatoms. The van der Waals surface area contributed by atoms with Crippen LogP contribution in [0.2, 0.25) is 5.02 Å². The molecule has 0 unspecified atom stereocenters. The highest BCUT2D eigenvalue weighted by Gasteiger charge is 2.39. The fourth-order valence-corrected chi connectivity index (χ4v) is 4.53. The van der Waals surface area contributed by atoms with Gasteiger partial charge >= 0.3 is 0 Å². The lowest BCUT2D eigenvalue weighted by atomic mass is 9.91. The van der Waals surface area contributed by atoms with Crippen LogP contribution < -0.4 is 9.64 Å². The molecule has 2 aliphatic rings. The number of aryl methyl sites for hydroxylation is 1. The smallest absolute Gasteiger partial charge is 0.250 e. The van der Waals surface area contributed by atoms with Gasteiger partial charge in [0.2, 0.25) is 11.8 Å². The number of anilines is 1. The molecular weight excluding hydrogens is 433 g/mol. The normalized spacial score (nSPS) is 21.0. The highest BCUT2D eigenvalue weighted by molar-refractivity contribution is 6.30. The number of hydrogen-bond acceptors (Lipinski definition) is 7. The van der Waals surface area contributed by atoms with Crippen molar-refractivity contribution in [2.75, 3.05) is 24.6 Å². The summed E-state index contributed by atoms with van der Waals surface area (Å²) in [6.45, 7) is 4.26. The summed E-state index contributed by atoms with van der Waals surface area (Å²) in [6.07, 6.45) is 8.01. The van der Waals surface area contributed by atoms with Crippen LogP contribution >= 0.6 is 11.6 Å². The molecule has 3 heterocycles. The monoisotopic (exact) mass is 457 g/mol. The lowest BCUT2D eigenvalue weighted by molar-refractivity contribution is 0.278. The third kappa shape index (κ3) is 4.85. The summed E-state index contributed by atoms with van der Waals surface area (Å²) >= 11 is 5.88. The Bertz CT molecular complexity index is 1070. The molecule has 7 nitrogen and oxygen atoms in total. The van der Waals surface area contributed by atoms with E-state index in [9.17, 15) is 4.39 Å². The second-order valence-electron chi connectivity index (χ2n) is 8.70. The van der Waals surface area contributed by atoms with Gasteiger partial charge in [0.05, 0.1) is 29.6 Å². The summed E-state index contributed by atoms with van der Waals surface area (Å²) in [5.74, 6) is 3.43. The van der Waals surface area contributed by atoms with Crippen molar-refractivity contribution < 1.29 is 13.5 Å². The first-order chi connectivity index (χ1) is 15.5. The molecule has 1 aromatic carbocycles. The van der Waals surface area contributed by atoms with Crippen molar-refractivity contribution in [3.63, 3.8) is 0 Å². The van der Waals surface area contributed by atoms with E-state index in [-0.39, 0.29) is 11.5 Å². The van der Waals surface area contributed by atoms with Gasteiger partial charge in [-0.15, -0.1) is 10.2 Å². The number of hydrogen-bond donors (Lipinski definition) is 0. The van der Waals surface area contributed by atoms with Crippen molar-refractivity contribution in [2.45, 2.75) is 32.6 Å². The van der Waals surface area contributed by atoms with Crippen LogP contribution in [-0.2, 0) is 0 Å². The molecule has 5 rings (SSSR count). The molecule has 1 aliphatic heterocycles. The van der Waals surface area contributed by atoms with Crippen molar-refractivity contribution in [3.8, 4) is 17.2 Å². The molecule has 3 aromatic rings. The fourth-order valence-electron chi connectivity index (χ4n) is 4.44. The van der Waals surface area contributed by atoms with Crippen LogP contribution in [0, 0.1) is 30.5 Å². The number of piperidine rings is 1. The highest BCUT2D eigenvalue weighted by Crippen LogP contribution is 2.45. The number of ether oxygens (including phenoxy) is 1. The SMILES string of the molecule is Cc1nnc(-c2ccc(OC[C@H]3C[C@H]3CC3CCN(c4ncc(Cl)cn4)CC3)cc2F)o1. The zero-order valence-electron chi connectivity index (χ0n) is 17.9. The van der Waals surface area contributed by atoms with E-state index in [1.54, 1.807) is 31.5 Å². The van der Waals surface area contributed by atoms with Gasteiger partial charge in [0.1, 0.15) is 11.6 Å². The maximum absolute atomic E-state index is 14.4. The van der Waals surface area contributed by atoms with E-state index in [4.69, 9.17) is 20.8 Å². The second kappa shape index (κ2) is 9.02. The van der Waals surface area contributed by atoms with Crippen LogP contribution in [0.4, 0.5) is 10.3 Å². The lowest BCUT2D eigenvalue weighted by Gasteiger charge is -2.32. The van der Waals surface area contributed by atoms with Gasteiger partial charge in [0.25, 0.3) is 5.89 Å². The minimum atomic E-state index is -0.421. The zero-order valence-corrected chi connectivity index (χ0v) is 18.6. The number of halogens is 2. The van der Waals surface area contributed by atoms with E-state index >= 15 is 0 Å². The van der Waals surface area contributed by atoms with Crippen LogP contribution in [0.25, 0.3) is 11.5 Å². The third-order valence-electron chi connectivity index (χ3n) is 6.37. The lowest BCUT2D eigenvalue weighted by Crippen LogP contribution is -2.35. The Morgan fingerprint density at radius 2 is 1.94 bits per heavy atom. The number of rotatable bonds is 7. The van der Waals surface area contributed by atoms with E-state index in [2.05, 4.69) is 25.1 Å². The van der Waals surface area contributed by atoms with E-state index in [1.165, 1.54) is 18.9 Å². The molecule has 168 valence electrons. The molecule has 0 amide bonds. The topological polar surface area (TPSA) is 77.2 Å². The minimum absolute atomic E-state index is 0.183. The summed E-state index contributed by atoms with van der Waals surface area (Å²) in [6, 6.07) is 4.77. The van der Waals surface area contributed by atoms with Gasteiger partial charge in [-0.3, -0.25) is 0 Å². The van der Waals surface area contributed by atoms with Crippen LogP contribution in [-0.4, -0.2) is 39.9 Å². The predicted molar refractivity (Wildman–Crippen MR) is 118 cm³/mol. The predicted octanol–water partition coefficient (Wildman–Crippen LogP) is 4.95. The van der Waals surface area contributed by atoms with Crippen molar-refractivity contribution in [1.29, 1.82) is 0 Å². The largest absolute Gasteiger partial charge is 0.493 e. The van der Waals surface area contributed by atoms with E-state index in [1.807, 2.05) is 0 Å². The van der Waals surface area contributed by atoms with Gasteiger partial charge < -0.3 is 14.1 Å². The van der Waals surface area contributed by atoms with Gasteiger partial charge in [0.15, 0.2) is 0 Å². The molecule has 0 spiro atoms. The number of aromatic nitrogens is 4. The van der Waals surface area contributed by atoms with Gasteiger partial charge in [-0.05, 0) is 55.6 Å². The van der Waals surface area contributed by atoms with Crippen molar-refractivity contribution in [1.82, 2.24) is 20.2 Å². The van der Waals surface area contributed by atoms with Gasteiger partial charge in [-0.1, -0.05) is 11.6 Å². The average Bonchev–Trinajstić information content (AvgIpc) is 3.39. The molecule has 32 heavy (non-hydrogen) atoms. The molecule has 2 aromatic heterocycles. The molecule has 1 aliphatic carbocycles. The van der Waals surface area contributed by atoms with E-state index in [0.29, 0.717) is 35.1 Å². The number of benzene rings is 1. The van der Waals surface area contributed by atoms with Crippen LogP contribution in [0.5, 0.6) is 5.75 Å². The molecule has 0 radical (unpaired) electrons. The van der Waals surface area contributed by atoms with E-state index < -0.39 is 5.82 Å². The molecule has 1 saturated heterocycles. The molecule has 0 bridgehead atoms. The van der Waals surface area contributed by atoms with Gasteiger partial charge in [-0.2, -0.15) is 0 Å². The first-order valence-electron chi connectivity index (χ1n) is 11.0. The fraction of sp³-hybridized carbons (Fsp3) is 0.478. The Labute approximate surface area is 191 Å². The number of nitrogens with zero attached hydrogens (tertiary/aromatic N) is 5. The Balaban J connectivity index is 1.06. The van der Waals surface area contributed by atoms with Gasteiger partial charge in [0, 0.05) is 26.1 Å². The molecule has 1 saturated carbocycles. The van der Waals surface area contributed by atoms with Crippen molar-refractivity contribution >= 4 is 17.5 Å². The summed E-state index contributed by atoms with van der Waals surface area (Å²) < 4.78 is 25.6. The second-order valence-corrected chi connectivity index (χ2v) is 9.14. The molecule has 2 atom stereocenters. The van der Waals surface area contributed by atoms with E-state index in [0.717, 1.165) is 37.8 Å². The third-order valence-corrected chi connectivity index (χ3v) is 6.57.